The van der Waals surface area contributed by atoms with Crippen LogP contribution in [-0.4, -0.2) is 44.2 Å². The number of hydrogen-bond donors (Lipinski definition) is 4. The average Bonchev–Trinajstić information content (AvgIpc) is 3.03. The van der Waals surface area contributed by atoms with Gasteiger partial charge in [0, 0.05) is 48.9 Å². The molecule has 1 aromatic heterocycles. The lowest BCUT2D eigenvalue weighted by Gasteiger charge is -2.13. The zero-order valence-corrected chi connectivity index (χ0v) is 14.9. The molecule has 0 saturated carbocycles. The Kier molecular flexibility index (Phi) is 5.38. The van der Waals surface area contributed by atoms with E-state index in [4.69, 9.17) is 11.6 Å². The zero-order chi connectivity index (χ0) is 17.9. The maximum atomic E-state index is 12.2. The van der Waals surface area contributed by atoms with Gasteiger partial charge in [-0.1, -0.05) is 17.7 Å². The summed E-state index contributed by atoms with van der Waals surface area (Å²) in [5.41, 5.74) is 2.17. The van der Waals surface area contributed by atoms with Crippen molar-refractivity contribution in [3.63, 3.8) is 0 Å². The Bertz CT molecular complexity index is 881. The van der Waals surface area contributed by atoms with Crippen LogP contribution < -0.4 is 15.4 Å². The summed E-state index contributed by atoms with van der Waals surface area (Å²) < 4.78 is 26.7. The molecule has 25 heavy (non-hydrogen) atoms. The first-order valence-electron chi connectivity index (χ1n) is 7.77. The average molecular weight is 384 g/mol. The molecule has 1 aliphatic heterocycles. The number of nitrogens with one attached hydrogen (secondary N) is 4. The summed E-state index contributed by atoms with van der Waals surface area (Å²) in [6.45, 7) is 1.65. The van der Waals surface area contributed by atoms with Gasteiger partial charge in [0.2, 0.25) is 10.0 Å². The smallest absolute Gasteiger partial charge is 0.272 e. The highest BCUT2D eigenvalue weighted by atomic mass is 35.5. The molecule has 134 valence electrons. The van der Waals surface area contributed by atoms with Crippen LogP contribution in [0.4, 0.5) is 0 Å². The highest BCUT2D eigenvalue weighted by Crippen LogP contribution is 2.16. The molecule has 0 bridgehead atoms. The summed E-state index contributed by atoms with van der Waals surface area (Å²) in [7, 11) is -3.67. The minimum atomic E-state index is -3.67. The number of rotatable bonds is 6. The molecule has 8 nitrogen and oxygen atoms in total. The van der Waals surface area contributed by atoms with E-state index in [9.17, 15) is 13.2 Å². The van der Waals surface area contributed by atoms with E-state index in [1.54, 1.807) is 12.1 Å². The summed E-state index contributed by atoms with van der Waals surface area (Å²) >= 11 is 5.80. The number of sulfonamides is 1. The quantitative estimate of drug-likeness (QED) is 0.539. The van der Waals surface area contributed by atoms with E-state index in [0.717, 1.165) is 24.2 Å². The number of fused-ring (bicyclic) bond motifs is 1. The molecule has 0 spiro atoms. The van der Waals surface area contributed by atoms with E-state index in [2.05, 4.69) is 25.6 Å². The van der Waals surface area contributed by atoms with Gasteiger partial charge in [0.15, 0.2) is 5.69 Å². The SMILES string of the molecule is O=C(NCCNS(=O)(=O)c1cccc(Cl)c1)c1n[nH]c2c1CNCC2. The van der Waals surface area contributed by atoms with Gasteiger partial charge in [-0.25, -0.2) is 13.1 Å². The molecule has 2 aromatic rings. The van der Waals surface area contributed by atoms with Crippen molar-refractivity contribution in [2.24, 2.45) is 0 Å². The van der Waals surface area contributed by atoms with Crippen LogP contribution in [0.2, 0.25) is 5.02 Å². The first-order valence-corrected chi connectivity index (χ1v) is 9.64. The van der Waals surface area contributed by atoms with Crippen LogP contribution in [0.3, 0.4) is 0 Å². The summed E-state index contributed by atoms with van der Waals surface area (Å²) in [6.07, 6.45) is 0.801. The van der Waals surface area contributed by atoms with Gasteiger partial charge in [-0.15, -0.1) is 0 Å². The topological polar surface area (TPSA) is 116 Å². The van der Waals surface area contributed by atoms with E-state index in [-0.39, 0.29) is 23.9 Å². The summed E-state index contributed by atoms with van der Waals surface area (Å²) in [6, 6.07) is 5.98. The number of halogens is 1. The molecule has 0 saturated heterocycles. The molecule has 1 amide bonds. The first kappa shape index (κ1) is 17.9. The van der Waals surface area contributed by atoms with E-state index >= 15 is 0 Å². The number of hydrogen-bond acceptors (Lipinski definition) is 5. The lowest BCUT2D eigenvalue weighted by atomic mass is 10.1. The Labute approximate surface area is 150 Å². The monoisotopic (exact) mass is 383 g/mol. The highest BCUT2D eigenvalue weighted by molar-refractivity contribution is 7.89. The number of carbonyl (C=O) groups excluding carboxylic acids is 1. The Hall–Kier alpha value is -1.94. The van der Waals surface area contributed by atoms with Crippen LogP contribution in [0.1, 0.15) is 21.7 Å². The second-order valence-electron chi connectivity index (χ2n) is 5.57. The van der Waals surface area contributed by atoms with Crippen molar-refractivity contribution < 1.29 is 13.2 Å². The van der Waals surface area contributed by atoms with Crippen LogP contribution >= 0.6 is 11.6 Å². The van der Waals surface area contributed by atoms with Crippen LogP contribution in [0.25, 0.3) is 0 Å². The standard InChI is InChI=1S/C15H18ClN5O3S/c16-10-2-1-3-11(8-10)25(23,24)19-7-6-18-15(22)14-12-9-17-5-4-13(12)20-21-14/h1-3,8,17,19H,4-7,9H2,(H,18,22)(H,20,21). The van der Waals surface area contributed by atoms with Gasteiger partial charge in [-0.05, 0) is 18.2 Å². The summed E-state index contributed by atoms with van der Waals surface area (Å²) in [5.74, 6) is -0.330. The minimum absolute atomic E-state index is 0.0610. The summed E-state index contributed by atoms with van der Waals surface area (Å²) in [5, 5.41) is 13.1. The van der Waals surface area contributed by atoms with Crippen molar-refractivity contribution in [3.8, 4) is 0 Å². The molecule has 0 unspecified atom stereocenters. The van der Waals surface area contributed by atoms with Crippen molar-refractivity contribution in [2.45, 2.75) is 17.9 Å². The molecule has 10 heteroatoms. The zero-order valence-electron chi connectivity index (χ0n) is 13.3. The minimum Gasteiger partial charge on any atom is -0.349 e. The third-order valence-corrected chi connectivity index (χ3v) is 5.52. The number of H-pyrrole nitrogens is 1. The van der Waals surface area contributed by atoms with Crippen LogP contribution in [-0.2, 0) is 23.0 Å². The van der Waals surface area contributed by atoms with Crippen molar-refractivity contribution in [3.05, 3.63) is 46.2 Å². The van der Waals surface area contributed by atoms with Crippen molar-refractivity contribution >= 4 is 27.5 Å². The largest absolute Gasteiger partial charge is 0.349 e. The molecule has 0 fully saturated rings. The van der Waals surface area contributed by atoms with Gasteiger partial charge >= 0.3 is 0 Å². The fourth-order valence-electron chi connectivity index (χ4n) is 2.58. The molecule has 2 heterocycles. The molecule has 3 rings (SSSR count). The Morgan fingerprint density at radius 2 is 2.16 bits per heavy atom. The maximum Gasteiger partial charge on any atom is 0.272 e. The molecule has 4 N–H and O–H groups in total. The molecular formula is C15H18ClN5O3S. The van der Waals surface area contributed by atoms with Crippen LogP contribution in [0.5, 0.6) is 0 Å². The number of aromatic nitrogens is 2. The number of nitrogens with zero attached hydrogens (tertiary/aromatic N) is 1. The van der Waals surface area contributed by atoms with Gasteiger partial charge < -0.3 is 10.6 Å². The number of carbonyl (C=O) groups is 1. The van der Waals surface area contributed by atoms with Crippen LogP contribution in [0.15, 0.2) is 29.2 Å². The second kappa shape index (κ2) is 7.52. The fraction of sp³-hybridized carbons (Fsp3) is 0.333. The molecule has 1 aliphatic rings. The highest BCUT2D eigenvalue weighted by Gasteiger charge is 2.21. The van der Waals surface area contributed by atoms with Crippen LogP contribution in [0, 0.1) is 0 Å². The Morgan fingerprint density at radius 3 is 2.96 bits per heavy atom. The van der Waals surface area contributed by atoms with E-state index in [0.29, 0.717) is 17.3 Å². The van der Waals surface area contributed by atoms with Gasteiger partial charge in [0.1, 0.15) is 0 Å². The molecule has 0 atom stereocenters. The van der Waals surface area contributed by atoms with Crippen molar-refractivity contribution in [1.29, 1.82) is 0 Å². The number of aromatic amines is 1. The van der Waals surface area contributed by atoms with Gasteiger partial charge in [0.05, 0.1) is 4.90 Å². The predicted octanol–water partition coefficient (Wildman–Crippen LogP) is 0.417. The van der Waals surface area contributed by atoms with E-state index < -0.39 is 10.0 Å². The van der Waals surface area contributed by atoms with Gasteiger partial charge in [-0.2, -0.15) is 5.10 Å². The fourth-order valence-corrected chi connectivity index (χ4v) is 3.91. The van der Waals surface area contributed by atoms with Crippen molar-refractivity contribution in [2.75, 3.05) is 19.6 Å². The number of amides is 1. The van der Waals surface area contributed by atoms with Gasteiger partial charge in [0.25, 0.3) is 5.91 Å². The molecular weight excluding hydrogens is 366 g/mol. The normalized spacial score (nSPS) is 14.1. The maximum absolute atomic E-state index is 12.2. The number of benzene rings is 1. The third kappa shape index (κ3) is 4.18. The predicted molar refractivity (Wildman–Crippen MR) is 93.0 cm³/mol. The molecule has 1 aromatic carbocycles. The third-order valence-electron chi connectivity index (χ3n) is 3.83. The Morgan fingerprint density at radius 1 is 1.32 bits per heavy atom. The second-order valence-corrected chi connectivity index (χ2v) is 7.77. The van der Waals surface area contributed by atoms with E-state index in [1.165, 1.54) is 12.1 Å². The summed E-state index contributed by atoms with van der Waals surface area (Å²) in [4.78, 5) is 12.3. The first-order chi connectivity index (χ1) is 12.0. The molecule has 0 radical (unpaired) electrons. The van der Waals surface area contributed by atoms with Crippen molar-refractivity contribution in [1.82, 2.24) is 25.6 Å². The molecule has 0 aliphatic carbocycles. The lowest BCUT2D eigenvalue weighted by molar-refractivity contribution is 0.0948. The van der Waals surface area contributed by atoms with Gasteiger partial charge in [-0.3, -0.25) is 9.89 Å². The lowest BCUT2D eigenvalue weighted by Crippen LogP contribution is -2.35. The Balaban J connectivity index is 1.53. The van der Waals surface area contributed by atoms with E-state index in [1.807, 2.05) is 0 Å².